The van der Waals surface area contributed by atoms with Gasteiger partial charge in [0.05, 0.1) is 12.6 Å². The van der Waals surface area contributed by atoms with E-state index in [2.05, 4.69) is 11.1 Å². The molecule has 0 spiro atoms. The van der Waals surface area contributed by atoms with Crippen molar-refractivity contribution in [2.24, 2.45) is 0 Å². The van der Waals surface area contributed by atoms with Crippen LogP contribution in [0, 0.1) is 0 Å². The van der Waals surface area contributed by atoms with Crippen molar-refractivity contribution < 1.29 is 9.59 Å². The lowest BCUT2D eigenvalue weighted by Gasteiger charge is -2.47. The second kappa shape index (κ2) is 6.92. The van der Waals surface area contributed by atoms with Crippen molar-refractivity contribution in [1.82, 2.24) is 14.8 Å². The number of halogens is 1. The summed E-state index contributed by atoms with van der Waals surface area (Å²) in [5, 5.41) is 1.73. The maximum atomic E-state index is 13.3. The van der Waals surface area contributed by atoms with Crippen LogP contribution in [0.1, 0.15) is 36.2 Å². The Labute approximate surface area is 174 Å². The van der Waals surface area contributed by atoms with Gasteiger partial charge in [-0.3, -0.25) is 9.59 Å². The van der Waals surface area contributed by atoms with E-state index >= 15 is 0 Å². The fourth-order valence-corrected chi connectivity index (χ4v) is 5.00. The zero-order valence-electron chi connectivity index (χ0n) is 16.2. The Morgan fingerprint density at radius 2 is 1.97 bits per heavy atom. The molecule has 1 saturated heterocycles. The number of amides is 2. The lowest BCUT2D eigenvalue weighted by Crippen LogP contribution is -2.63. The van der Waals surface area contributed by atoms with Crippen LogP contribution in [0.25, 0.3) is 10.9 Å². The van der Waals surface area contributed by atoms with Crippen molar-refractivity contribution in [1.29, 1.82) is 0 Å². The molecule has 0 radical (unpaired) electrons. The number of benzene rings is 2. The number of nitrogens with one attached hydrogen (secondary N) is 1. The van der Waals surface area contributed by atoms with Gasteiger partial charge in [0.2, 0.25) is 11.8 Å². The lowest BCUT2D eigenvalue weighted by atomic mass is 9.86. The van der Waals surface area contributed by atoms with Gasteiger partial charge in [-0.1, -0.05) is 48.9 Å². The summed E-state index contributed by atoms with van der Waals surface area (Å²) in [5.41, 5.74) is 4.04. The number of hydrogen-bond acceptors (Lipinski definition) is 2. The van der Waals surface area contributed by atoms with E-state index in [1.807, 2.05) is 49.4 Å². The minimum atomic E-state index is -0.488. The molecule has 5 rings (SSSR count). The standard InChI is InChI=1S/C23H22ClN3O2/c1-2-10-26-13-20(28)27-19(23(26)29)12-17-16-8-3-4-9-18(16)25-21(17)22(27)14-6-5-7-15(24)11-14/h3-9,11,19,22,25H,2,10,12-13H2,1H3/t19-,22-/m0/s1. The summed E-state index contributed by atoms with van der Waals surface area (Å²) < 4.78 is 0. The summed E-state index contributed by atoms with van der Waals surface area (Å²) in [6.07, 6.45) is 1.36. The summed E-state index contributed by atoms with van der Waals surface area (Å²) >= 11 is 6.29. The molecular weight excluding hydrogens is 386 g/mol. The molecule has 0 bridgehead atoms. The molecule has 3 aromatic rings. The molecule has 29 heavy (non-hydrogen) atoms. The third-order valence-electron chi connectivity index (χ3n) is 6.00. The van der Waals surface area contributed by atoms with E-state index in [1.54, 1.807) is 9.80 Å². The minimum absolute atomic E-state index is 0.0164. The SMILES string of the molecule is CCCN1CC(=O)N2[C@@H](c3cccc(Cl)c3)c3[nH]c4ccccc4c3C[C@H]2C1=O. The number of carbonyl (C=O) groups excluding carboxylic acids is 2. The molecule has 1 N–H and O–H groups in total. The molecule has 2 amide bonds. The molecule has 2 atom stereocenters. The number of aromatic amines is 1. The maximum absolute atomic E-state index is 13.3. The van der Waals surface area contributed by atoms with Crippen LogP contribution in [0.3, 0.4) is 0 Å². The van der Waals surface area contributed by atoms with Gasteiger partial charge in [-0.15, -0.1) is 0 Å². The van der Waals surface area contributed by atoms with E-state index in [0.717, 1.165) is 34.1 Å². The van der Waals surface area contributed by atoms with Gasteiger partial charge < -0.3 is 14.8 Å². The number of fused-ring (bicyclic) bond motifs is 4. The van der Waals surface area contributed by atoms with Crippen molar-refractivity contribution >= 4 is 34.3 Å². The van der Waals surface area contributed by atoms with E-state index < -0.39 is 6.04 Å². The van der Waals surface area contributed by atoms with Crippen LogP contribution < -0.4 is 0 Å². The number of nitrogens with zero attached hydrogens (tertiary/aromatic N) is 2. The molecule has 2 aromatic carbocycles. The van der Waals surface area contributed by atoms with Crippen LogP contribution in [0.15, 0.2) is 48.5 Å². The third kappa shape index (κ3) is 2.84. The van der Waals surface area contributed by atoms with Gasteiger partial charge in [-0.25, -0.2) is 0 Å². The summed E-state index contributed by atoms with van der Waals surface area (Å²) in [5.74, 6) is 0.0201. The molecule has 0 unspecified atom stereocenters. The van der Waals surface area contributed by atoms with Gasteiger partial charge in [-0.2, -0.15) is 0 Å². The van der Waals surface area contributed by atoms with Crippen LogP contribution in [0.4, 0.5) is 0 Å². The topological polar surface area (TPSA) is 56.4 Å². The average molecular weight is 408 g/mol. The van der Waals surface area contributed by atoms with Gasteiger partial charge in [0.15, 0.2) is 0 Å². The van der Waals surface area contributed by atoms with E-state index in [1.165, 1.54) is 0 Å². The molecule has 3 heterocycles. The monoisotopic (exact) mass is 407 g/mol. The Morgan fingerprint density at radius 1 is 1.14 bits per heavy atom. The Morgan fingerprint density at radius 3 is 2.76 bits per heavy atom. The highest BCUT2D eigenvalue weighted by Gasteiger charge is 2.47. The summed E-state index contributed by atoms with van der Waals surface area (Å²) in [4.78, 5) is 33.6. The molecule has 0 saturated carbocycles. The van der Waals surface area contributed by atoms with Crippen molar-refractivity contribution in [2.75, 3.05) is 13.1 Å². The molecule has 2 aliphatic heterocycles. The highest BCUT2D eigenvalue weighted by atomic mass is 35.5. The Balaban J connectivity index is 1.72. The maximum Gasteiger partial charge on any atom is 0.246 e. The quantitative estimate of drug-likeness (QED) is 0.715. The van der Waals surface area contributed by atoms with Crippen LogP contribution >= 0.6 is 11.6 Å². The van der Waals surface area contributed by atoms with E-state index in [0.29, 0.717) is 18.0 Å². The van der Waals surface area contributed by atoms with E-state index in [9.17, 15) is 9.59 Å². The van der Waals surface area contributed by atoms with Crippen LogP contribution in [0.2, 0.25) is 5.02 Å². The third-order valence-corrected chi connectivity index (χ3v) is 6.24. The number of carbonyl (C=O) groups is 2. The average Bonchev–Trinajstić information content (AvgIpc) is 3.09. The number of hydrogen-bond donors (Lipinski definition) is 1. The first kappa shape index (κ1) is 18.3. The minimum Gasteiger partial charge on any atom is -0.356 e. The summed E-state index contributed by atoms with van der Waals surface area (Å²) in [6, 6.07) is 14.9. The van der Waals surface area contributed by atoms with Gasteiger partial charge in [-0.05, 0) is 35.7 Å². The fraction of sp³-hybridized carbons (Fsp3) is 0.304. The lowest BCUT2D eigenvalue weighted by molar-refractivity contribution is -0.158. The molecule has 1 fully saturated rings. The van der Waals surface area contributed by atoms with Crippen molar-refractivity contribution in [3.05, 3.63) is 70.4 Å². The Kier molecular flexibility index (Phi) is 4.36. The van der Waals surface area contributed by atoms with Gasteiger partial charge in [0.1, 0.15) is 6.04 Å². The number of para-hydroxylation sites is 1. The molecule has 2 aliphatic rings. The van der Waals surface area contributed by atoms with Crippen molar-refractivity contribution in [2.45, 2.75) is 31.8 Å². The number of piperazine rings is 1. The van der Waals surface area contributed by atoms with Gasteiger partial charge >= 0.3 is 0 Å². The molecule has 1 aromatic heterocycles. The van der Waals surface area contributed by atoms with Crippen LogP contribution in [0.5, 0.6) is 0 Å². The predicted octanol–water partition coefficient (Wildman–Crippen LogP) is 3.92. The van der Waals surface area contributed by atoms with Crippen LogP contribution in [-0.2, 0) is 16.0 Å². The Hall–Kier alpha value is -2.79. The summed E-state index contributed by atoms with van der Waals surface area (Å²) in [6.45, 7) is 2.77. The predicted molar refractivity (Wildman–Crippen MR) is 113 cm³/mol. The second-order valence-corrected chi connectivity index (χ2v) is 8.24. The first-order valence-corrected chi connectivity index (χ1v) is 10.4. The van der Waals surface area contributed by atoms with Crippen molar-refractivity contribution in [3.63, 3.8) is 0 Å². The zero-order chi connectivity index (χ0) is 20.1. The van der Waals surface area contributed by atoms with Gasteiger partial charge in [0.25, 0.3) is 0 Å². The molecule has 6 heteroatoms. The molecular formula is C23H22ClN3O2. The van der Waals surface area contributed by atoms with E-state index in [-0.39, 0.29) is 24.4 Å². The molecule has 0 aliphatic carbocycles. The largest absolute Gasteiger partial charge is 0.356 e. The number of aromatic nitrogens is 1. The molecule has 5 nitrogen and oxygen atoms in total. The second-order valence-electron chi connectivity index (χ2n) is 7.80. The number of H-pyrrole nitrogens is 1. The Bertz CT molecular complexity index is 1120. The normalized spacial score (nSPS) is 21.4. The molecule has 148 valence electrons. The summed E-state index contributed by atoms with van der Waals surface area (Å²) in [7, 11) is 0. The first-order valence-electron chi connectivity index (χ1n) is 10.0. The van der Waals surface area contributed by atoms with Gasteiger partial charge in [0, 0.05) is 34.6 Å². The zero-order valence-corrected chi connectivity index (χ0v) is 16.9. The smallest absolute Gasteiger partial charge is 0.246 e. The van der Waals surface area contributed by atoms with Crippen LogP contribution in [-0.4, -0.2) is 45.7 Å². The number of rotatable bonds is 3. The fourth-order valence-electron chi connectivity index (χ4n) is 4.81. The van der Waals surface area contributed by atoms with E-state index in [4.69, 9.17) is 11.6 Å². The highest BCUT2D eigenvalue weighted by Crippen LogP contribution is 2.42. The first-order chi connectivity index (χ1) is 14.1. The highest BCUT2D eigenvalue weighted by molar-refractivity contribution is 6.30. The van der Waals surface area contributed by atoms with Crippen molar-refractivity contribution in [3.8, 4) is 0 Å².